The van der Waals surface area contributed by atoms with Crippen molar-refractivity contribution in [2.45, 2.75) is 13.5 Å². The van der Waals surface area contributed by atoms with E-state index in [1.807, 2.05) is 46.1 Å². The lowest BCUT2D eigenvalue weighted by molar-refractivity contribution is 0.516. The number of nitrogens with two attached hydrogens (primary N) is 1. The minimum Gasteiger partial charge on any atom is -0.399 e. The van der Waals surface area contributed by atoms with E-state index in [0.29, 0.717) is 22.7 Å². The first-order valence-corrected chi connectivity index (χ1v) is 7.85. The highest BCUT2D eigenvalue weighted by molar-refractivity contribution is 6.30. The molecule has 0 saturated heterocycles. The molecule has 5 heteroatoms. The molecule has 24 heavy (non-hydrogen) atoms. The summed E-state index contributed by atoms with van der Waals surface area (Å²) in [6.45, 7) is 10.2. The van der Waals surface area contributed by atoms with Crippen molar-refractivity contribution in [1.82, 2.24) is 9.47 Å². The molecule has 0 bridgehead atoms. The largest absolute Gasteiger partial charge is 0.399 e. The molecule has 4 nitrogen and oxygen atoms in total. The van der Waals surface area contributed by atoms with Gasteiger partial charge in [0.15, 0.2) is 5.43 Å². The molecule has 2 aromatic rings. The van der Waals surface area contributed by atoms with Crippen LogP contribution in [0.4, 0.5) is 0 Å². The SMILES string of the molecule is C=C(N)c1cn2c(c(C)c1=O)C(=C)N(Cc1cccc(Cl)c1)C=C2. The van der Waals surface area contributed by atoms with Crippen LogP contribution in [-0.4, -0.2) is 9.47 Å². The second-order valence-corrected chi connectivity index (χ2v) is 6.22. The standard InChI is InChI=1S/C19H18ClN3O/c1-12-18-14(3)22(10-15-5-4-6-16(20)9-15)7-8-23(18)11-17(13(2)21)19(12)24/h4-9,11H,2-3,10,21H2,1H3. The number of halogens is 1. The zero-order valence-corrected chi connectivity index (χ0v) is 14.2. The molecule has 1 aliphatic rings. The van der Waals surface area contributed by atoms with Crippen LogP contribution in [0, 0.1) is 6.92 Å². The Morgan fingerprint density at radius 1 is 1.33 bits per heavy atom. The maximum absolute atomic E-state index is 12.5. The summed E-state index contributed by atoms with van der Waals surface area (Å²) in [5.41, 5.74) is 9.47. The van der Waals surface area contributed by atoms with E-state index in [-0.39, 0.29) is 11.1 Å². The van der Waals surface area contributed by atoms with Crippen LogP contribution in [0.15, 0.2) is 54.6 Å². The average Bonchev–Trinajstić information content (AvgIpc) is 2.53. The molecule has 3 rings (SSSR count). The third kappa shape index (κ3) is 2.76. The highest BCUT2D eigenvalue weighted by atomic mass is 35.5. The van der Waals surface area contributed by atoms with Gasteiger partial charge < -0.3 is 15.2 Å². The number of hydrogen-bond donors (Lipinski definition) is 1. The molecule has 2 heterocycles. The minimum atomic E-state index is -0.118. The van der Waals surface area contributed by atoms with Crippen molar-refractivity contribution in [2.75, 3.05) is 0 Å². The lowest BCUT2D eigenvalue weighted by Crippen LogP contribution is -2.27. The molecule has 0 fully saturated rings. The van der Waals surface area contributed by atoms with Gasteiger partial charge in [0.2, 0.25) is 0 Å². The molecule has 1 aromatic carbocycles. The number of fused-ring (bicyclic) bond motifs is 1. The van der Waals surface area contributed by atoms with Crippen LogP contribution in [0.5, 0.6) is 0 Å². The van der Waals surface area contributed by atoms with Crippen molar-refractivity contribution in [3.8, 4) is 0 Å². The van der Waals surface area contributed by atoms with Crippen LogP contribution in [0.1, 0.15) is 22.4 Å². The average molecular weight is 340 g/mol. The van der Waals surface area contributed by atoms with Crippen LogP contribution in [-0.2, 0) is 6.54 Å². The summed E-state index contributed by atoms with van der Waals surface area (Å²) in [5.74, 6) is 0. The number of hydrogen-bond acceptors (Lipinski definition) is 3. The fourth-order valence-electron chi connectivity index (χ4n) is 2.84. The Labute approximate surface area is 145 Å². The van der Waals surface area contributed by atoms with Gasteiger partial charge in [-0.15, -0.1) is 0 Å². The molecule has 1 aliphatic heterocycles. The summed E-state index contributed by atoms with van der Waals surface area (Å²) >= 11 is 6.05. The van der Waals surface area contributed by atoms with E-state index in [9.17, 15) is 4.79 Å². The van der Waals surface area contributed by atoms with E-state index in [1.54, 1.807) is 13.1 Å². The summed E-state index contributed by atoms with van der Waals surface area (Å²) in [6, 6.07) is 7.67. The monoisotopic (exact) mass is 339 g/mol. The molecular formula is C19H18ClN3O. The van der Waals surface area contributed by atoms with E-state index in [1.165, 1.54) is 0 Å². The van der Waals surface area contributed by atoms with Gasteiger partial charge >= 0.3 is 0 Å². The lowest BCUT2D eigenvalue weighted by atomic mass is 10.1. The number of benzene rings is 1. The summed E-state index contributed by atoms with van der Waals surface area (Å²) in [6.07, 6.45) is 5.50. The highest BCUT2D eigenvalue weighted by Crippen LogP contribution is 2.27. The molecule has 122 valence electrons. The summed E-state index contributed by atoms with van der Waals surface area (Å²) in [5, 5.41) is 0.693. The Morgan fingerprint density at radius 2 is 2.08 bits per heavy atom. The quantitative estimate of drug-likeness (QED) is 0.928. The van der Waals surface area contributed by atoms with Crippen molar-refractivity contribution < 1.29 is 0 Å². The zero-order valence-electron chi connectivity index (χ0n) is 13.4. The minimum absolute atomic E-state index is 0.118. The van der Waals surface area contributed by atoms with E-state index >= 15 is 0 Å². The highest BCUT2D eigenvalue weighted by Gasteiger charge is 2.21. The van der Waals surface area contributed by atoms with E-state index in [2.05, 4.69) is 13.2 Å². The molecule has 1 aromatic heterocycles. The number of rotatable bonds is 3. The molecule has 0 atom stereocenters. The van der Waals surface area contributed by atoms with Gasteiger partial charge in [0.05, 0.1) is 17.0 Å². The van der Waals surface area contributed by atoms with Gasteiger partial charge in [0, 0.05) is 41.4 Å². The normalized spacial score (nSPS) is 13.1. The molecule has 0 amide bonds. The van der Waals surface area contributed by atoms with E-state index < -0.39 is 0 Å². The molecule has 0 radical (unpaired) electrons. The van der Waals surface area contributed by atoms with E-state index in [0.717, 1.165) is 17.0 Å². The lowest BCUT2D eigenvalue weighted by Gasteiger charge is -2.30. The predicted molar refractivity (Wildman–Crippen MR) is 100 cm³/mol. The Morgan fingerprint density at radius 3 is 2.75 bits per heavy atom. The second kappa shape index (κ2) is 6.06. The van der Waals surface area contributed by atoms with Gasteiger partial charge in [-0.3, -0.25) is 4.79 Å². The molecule has 0 spiro atoms. The van der Waals surface area contributed by atoms with Gasteiger partial charge in [-0.2, -0.15) is 0 Å². The Kier molecular flexibility index (Phi) is 4.08. The van der Waals surface area contributed by atoms with Crippen molar-refractivity contribution in [3.05, 3.63) is 87.5 Å². The number of aromatic nitrogens is 1. The Hall–Kier alpha value is -2.72. The van der Waals surface area contributed by atoms with Crippen molar-refractivity contribution >= 4 is 29.2 Å². The van der Waals surface area contributed by atoms with Crippen molar-refractivity contribution in [1.29, 1.82) is 0 Å². The van der Waals surface area contributed by atoms with Crippen LogP contribution < -0.4 is 11.2 Å². The molecular weight excluding hydrogens is 322 g/mol. The first kappa shape index (κ1) is 16.1. The van der Waals surface area contributed by atoms with Crippen LogP contribution in [0.2, 0.25) is 5.02 Å². The van der Waals surface area contributed by atoms with Crippen molar-refractivity contribution in [2.24, 2.45) is 5.73 Å². The maximum Gasteiger partial charge on any atom is 0.194 e. The molecule has 0 aliphatic carbocycles. The van der Waals surface area contributed by atoms with Gasteiger partial charge in [-0.25, -0.2) is 0 Å². The smallest absolute Gasteiger partial charge is 0.194 e. The Bertz CT molecular complexity index is 940. The third-order valence-corrected chi connectivity index (χ3v) is 4.32. The summed E-state index contributed by atoms with van der Waals surface area (Å²) in [4.78, 5) is 14.5. The van der Waals surface area contributed by atoms with Gasteiger partial charge in [-0.05, 0) is 24.6 Å². The first-order chi connectivity index (χ1) is 11.4. The third-order valence-electron chi connectivity index (χ3n) is 4.08. The van der Waals surface area contributed by atoms with Gasteiger partial charge in [0.1, 0.15) is 0 Å². The van der Waals surface area contributed by atoms with Gasteiger partial charge in [-0.1, -0.05) is 36.9 Å². The fraction of sp³-hybridized carbons (Fsp3) is 0.105. The number of nitrogens with zero attached hydrogens (tertiary/aromatic N) is 2. The topological polar surface area (TPSA) is 51.3 Å². The van der Waals surface area contributed by atoms with Crippen molar-refractivity contribution in [3.63, 3.8) is 0 Å². The zero-order chi connectivity index (χ0) is 17.4. The summed E-state index contributed by atoms with van der Waals surface area (Å²) < 4.78 is 1.86. The van der Waals surface area contributed by atoms with E-state index in [4.69, 9.17) is 17.3 Å². The van der Waals surface area contributed by atoms with Gasteiger partial charge in [0.25, 0.3) is 0 Å². The van der Waals surface area contributed by atoms with Crippen LogP contribution in [0.3, 0.4) is 0 Å². The second-order valence-electron chi connectivity index (χ2n) is 5.78. The fourth-order valence-corrected chi connectivity index (χ4v) is 3.05. The molecule has 2 N–H and O–H groups in total. The van der Waals surface area contributed by atoms with Crippen LogP contribution >= 0.6 is 11.6 Å². The molecule has 0 saturated carbocycles. The maximum atomic E-state index is 12.5. The van der Waals surface area contributed by atoms with Crippen LogP contribution in [0.25, 0.3) is 17.6 Å². The molecule has 0 unspecified atom stereocenters. The Balaban J connectivity index is 2.01. The predicted octanol–water partition coefficient (Wildman–Crippen LogP) is 3.65. The summed E-state index contributed by atoms with van der Waals surface area (Å²) in [7, 11) is 0. The first-order valence-electron chi connectivity index (χ1n) is 7.47. The number of pyridine rings is 1.